The molecule has 1 amide bonds. The van der Waals surface area contributed by atoms with E-state index in [1.807, 2.05) is 59.3 Å². The molecule has 0 unspecified atom stereocenters. The Bertz CT molecular complexity index is 1200. The van der Waals surface area contributed by atoms with Crippen LogP contribution >= 0.6 is 23.1 Å². The predicted octanol–water partition coefficient (Wildman–Crippen LogP) is 5.47. The van der Waals surface area contributed by atoms with Crippen LogP contribution < -0.4 is 4.90 Å². The highest BCUT2D eigenvalue weighted by molar-refractivity contribution is 7.98. The summed E-state index contributed by atoms with van der Waals surface area (Å²) in [5.74, 6) is 2.07. The first-order valence-electron chi connectivity index (χ1n) is 9.60. The Kier molecular flexibility index (Phi) is 6.34. The molecule has 4 aromatic rings. The highest BCUT2D eigenvalue weighted by atomic mass is 32.2. The van der Waals surface area contributed by atoms with E-state index in [-0.39, 0.29) is 5.91 Å². The lowest BCUT2D eigenvalue weighted by molar-refractivity contribution is -0.115. The van der Waals surface area contributed by atoms with Gasteiger partial charge < -0.3 is 4.42 Å². The lowest BCUT2D eigenvalue weighted by atomic mass is 10.2. The molecule has 3 aromatic heterocycles. The van der Waals surface area contributed by atoms with Crippen molar-refractivity contribution in [1.82, 2.24) is 19.7 Å². The van der Waals surface area contributed by atoms with Crippen LogP contribution in [0.15, 0.2) is 70.3 Å². The summed E-state index contributed by atoms with van der Waals surface area (Å²) in [5.41, 5.74) is 2.59. The number of hydrogen-bond acceptors (Lipinski definition) is 7. The number of allylic oxidation sites excluding steroid dienone is 1. The molecule has 0 fully saturated rings. The van der Waals surface area contributed by atoms with Crippen molar-refractivity contribution in [3.05, 3.63) is 72.2 Å². The third-order valence-corrected chi connectivity index (χ3v) is 6.41. The molecule has 0 bridgehead atoms. The van der Waals surface area contributed by atoms with E-state index in [1.165, 1.54) is 11.3 Å². The summed E-state index contributed by atoms with van der Waals surface area (Å²) in [7, 11) is 0. The molecule has 0 radical (unpaired) electrons. The fourth-order valence-electron chi connectivity index (χ4n) is 3.11. The molecule has 7 nitrogen and oxygen atoms in total. The van der Waals surface area contributed by atoms with Crippen LogP contribution in [0.1, 0.15) is 18.4 Å². The van der Waals surface area contributed by atoms with Gasteiger partial charge in [-0.1, -0.05) is 36.0 Å². The van der Waals surface area contributed by atoms with E-state index in [0.717, 1.165) is 33.7 Å². The number of nitrogens with zero attached hydrogens (tertiary/aromatic N) is 5. The van der Waals surface area contributed by atoms with E-state index in [4.69, 9.17) is 4.42 Å². The molecule has 0 saturated carbocycles. The fourth-order valence-corrected chi connectivity index (χ4v) is 4.95. The highest BCUT2D eigenvalue weighted by Crippen LogP contribution is 2.32. The minimum atomic E-state index is -0.0781. The Morgan fingerprint density at radius 1 is 1.29 bits per heavy atom. The summed E-state index contributed by atoms with van der Waals surface area (Å²) >= 11 is 2.99. The van der Waals surface area contributed by atoms with Crippen LogP contribution in [-0.4, -0.2) is 25.7 Å². The first-order valence-corrected chi connectivity index (χ1v) is 11.5. The number of hydrogen-bond donors (Lipinski definition) is 0. The maximum atomic E-state index is 12.2. The van der Waals surface area contributed by atoms with Gasteiger partial charge in [-0.05, 0) is 25.1 Å². The van der Waals surface area contributed by atoms with Gasteiger partial charge in [0.05, 0.1) is 23.2 Å². The quantitative estimate of drug-likeness (QED) is 0.261. The first kappa shape index (κ1) is 21.1. The van der Waals surface area contributed by atoms with E-state index >= 15 is 0 Å². The Hall–Kier alpha value is -3.17. The zero-order chi connectivity index (χ0) is 21.8. The minimum absolute atomic E-state index is 0.0781. The molecular formula is C22H21N5O2S2. The average molecular weight is 452 g/mol. The van der Waals surface area contributed by atoms with Gasteiger partial charge >= 0.3 is 0 Å². The second-order valence-corrected chi connectivity index (χ2v) is 8.48. The molecular weight excluding hydrogens is 430 g/mol. The van der Waals surface area contributed by atoms with E-state index < -0.39 is 0 Å². The van der Waals surface area contributed by atoms with Gasteiger partial charge in [-0.15, -0.1) is 28.1 Å². The summed E-state index contributed by atoms with van der Waals surface area (Å²) in [4.78, 5) is 18.5. The normalized spacial score (nSPS) is 10.9. The molecule has 1 aromatic carbocycles. The van der Waals surface area contributed by atoms with E-state index in [2.05, 4.69) is 21.8 Å². The Morgan fingerprint density at radius 3 is 2.77 bits per heavy atom. The van der Waals surface area contributed by atoms with Crippen molar-refractivity contribution in [2.45, 2.75) is 31.3 Å². The number of amides is 1. The van der Waals surface area contributed by atoms with Gasteiger partial charge in [0.25, 0.3) is 0 Å². The zero-order valence-corrected chi connectivity index (χ0v) is 18.8. The van der Waals surface area contributed by atoms with Crippen LogP contribution in [0.5, 0.6) is 0 Å². The van der Waals surface area contributed by atoms with Gasteiger partial charge in [0.15, 0.2) is 16.1 Å². The minimum Gasteiger partial charge on any atom is -0.469 e. The SMILES string of the molecule is C=CCn1c(SCc2csc(N(C(C)=O)c3ccccc3)n2)nnc1-c1ccoc1C. The Morgan fingerprint density at radius 2 is 2.10 bits per heavy atom. The monoisotopic (exact) mass is 451 g/mol. The van der Waals surface area contributed by atoms with Gasteiger partial charge in [0.1, 0.15) is 5.76 Å². The van der Waals surface area contributed by atoms with Crippen molar-refractivity contribution in [2.75, 3.05) is 4.90 Å². The summed E-state index contributed by atoms with van der Waals surface area (Å²) in [6.45, 7) is 7.88. The number of anilines is 2. The first-order chi connectivity index (χ1) is 15.1. The number of thioether (sulfide) groups is 1. The maximum absolute atomic E-state index is 12.2. The number of carbonyl (C=O) groups is 1. The van der Waals surface area contributed by atoms with Crippen LogP contribution in [-0.2, 0) is 17.1 Å². The van der Waals surface area contributed by atoms with Crippen LogP contribution in [0, 0.1) is 6.92 Å². The number of rotatable bonds is 8. The van der Waals surface area contributed by atoms with Crippen LogP contribution in [0.3, 0.4) is 0 Å². The number of thiazole rings is 1. The summed E-state index contributed by atoms with van der Waals surface area (Å²) in [5, 5.41) is 12.1. The topological polar surface area (TPSA) is 77.1 Å². The molecule has 0 aliphatic heterocycles. The highest BCUT2D eigenvalue weighted by Gasteiger charge is 2.19. The number of para-hydroxylation sites is 1. The van der Waals surface area contributed by atoms with Crippen LogP contribution in [0.25, 0.3) is 11.4 Å². The van der Waals surface area contributed by atoms with Crippen molar-refractivity contribution < 1.29 is 9.21 Å². The predicted molar refractivity (Wildman–Crippen MR) is 124 cm³/mol. The van der Waals surface area contributed by atoms with Crippen molar-refractivity contribution in [2.24, 2.45) is 0 Å². The van der Waals surface area contributed by atoms with E-state index in [0.29, 0.717) is 17.4 Å². The number of aromatic nitrogens is 4. The van der Waals surface area contributed by atoms with E-state index in [1.54, 1.807) is 29.8 Å². The molecule has 3 heterocycles. The molecule has 0 spiro atoms. The summed E-state index contributed by atoms with van der Waals surface area (Å²) in [6.07, 6.45) is 3.46. The maximum Gasteiger partial charge on any atom is 0.230 e. The molecule has 0 atom stereocenters. The standard InChI is InChI=1S/C22H21N5O2S2/c1-4-11-26-20(19-10-12-29-15(19)2)24-25-22(26)31-14-17-13-30-21(23-17)27(16(3)28)18-8-6-5-7-9-18/h4-10,12-13H,1,11,14H2,2-3H3. The Labute approximate surface area is 188 Å². The third-order valence-electron chi connectivity index (χ3n) is 4.54. The zero-order valence-electron chi connectivity index (χ0n) is 17.2. The van der Waals surface area contributed by atoms with Crippen LogP contribution in [0.2, 0.25) is 0 Å². The number of furan rings is 1. The Balaban J connectivity index is 1.54. The molecule has 0 aliphatic carbocycles. The van der Waals surface area contributed by atoms with Gasteiger partial charge in [-0.2, -0.15) is 0 Å². The second kappa shape index (κ2) is 9.32. The molecule has 9 heteroatoms. The fraction of sp³-hybridized carbons (Fsp3) is 0.182. The van der Waals surface area contributed by atoms with Crippen molar-refractivity contribution in [3.63, 3.8) is 0 Å². The largest absolute Gasteiger partial charge is 0.469 e. The van der Waals surface area contributed by atoms with Gasteiger partial charge in [-0.3, -0.25) is 14.3 Å². The van der Waals surface area contributed by atoms with E-state index in [9.17, 15) is 4.79 Å². The lowest BCUT2D eigenvalue weighted by Crippen LogP contribution is -2.22. The number of carbonyl (C=O) groups excluding carboxylic acids is 1. The summed E-state index contributed by atoms with van der Waals surface area (Å²) in [6, 6.07) is 11.4. The number of aryl methyl sites for hydroxylation is 1. The molecule has 0 saturated heterocycles. The van der Waals surface area contributed by atoms with Crippen molar-refractivity contribution in [1.29, 1.82) is 0 Å². The van der Waals surface area contributed by atoms with Gasteiger partial charge in [-0.25, -0.2) is 4.98 Å². The molecule has 0 N–H and O–H groups in total. The van der Waals surface area contributed by atoms with Gasteiger partial charge in [0, 0.05) is 24.6 Å². The molecule has 158 valence electrons. The number of benzene rings is 1. The second-order valence-electron chi connectivity index (χ2n) is 6.70. The molecule has 0 aliphatic rings. The molecule has 31 heavy (non-hydrogen) atoms. The van der Waals surface area contributed by atoms with Gasteiger partial charge in [0.2, 0.25) is 5.91 Å². The summed E-state index contributed by atoms with van der Waals surface area (Å²) < 4.78 is 7.43. The average Bonchev–Trinajstić information content (AvgIpc) is 3.48. The third kappa shape index (κ3) is 4.47. The lowest BCUT2D eigenvalue weighted by Gasteiger charge is -2.17. The molecule has 4 rings (SSSR count). The smallest absolute Gasteiger partial charge is 0.230 e. The van der Waals surface area contributed by atoms with Crippen LogP contribution in [0.4, 0.5) is 10.8 Å². The van der Waals surface area contributed by atoms with Crippen molar-refractivity contribution in [3.8, 4) is 11.4 Å². The van der Waals surface area contributed by atoms with Crippen molar-refractivity contribution >= 4 is 39.8 Å².